The summed E-state index contributed by atoms with van der Waals surface area (Å²) in [4.78, 5) is 11.8. The summed E-state index contributed by atoms with van der Waals surface area (Å²) in [5.41, 5.74) is 3.12. The summed E-state index contributed by atoms with van der Waals surface area (Å²) < 4.78 is 1.01. The van der Waals surface area contributed by atoms with Crippen LogP contribution in [0.25, 0.3) is 0 Å². The van der Waals surface area contributed by atoms with Crippen LogP contribution in [0.4, 0.5) is 11.4 Å². The second-order valence-corrected chi connectivity index (χ2v) is 11.8. The van der Waals surface area contributed by atoms with Crippen molar-refractivity contribution in [1.82, 2.24) is 0 Å². The Morgan fingerprint density at radius 1 is 1.09 bits per heavy atom. The van der Waals surface area contributed by atoms with Crippen molar-refractivity contribution in [2.45, 2.75) is 33.9 Å². The van der Waals surface area contributed by atoms with E-state index in [0.717, 1.165) is 27.7 Å². The van der Waals surface area contributed by atoms with Gasteiger partial charge in [0, 0.05) is 26.7 Å². The normalized spacial score (nSPS) is 25.8. The second kappa shape index (κ2) is 9.31. The molecule has 1 heterocycles. The lowest BCUT2D eigenvalue weighted by atomic mass is 9.77. The van der Waals surface area contributed by atoms with Gasteiger partial charge in [0.15, 0.2) is 0 Å². The third kappa shape index (κ3) is 4.37. The van der Waals surface area contributed by atoms with E-state index in [1.54, 1.807) is 18.2 Å². The van der Waals surface area contributed by atoms with Crippen molar-refractivity contribution in [3.8, 4) is 0 Å². The Bertz CT molecular complexity index is 1230. The quantitative estimate of drug-likeness (QED) is 0.189. The van der Waals surface area contributed by atoms with E-state index < -0.39 is 0 Å². The Balaban J connectivity index is 1.56. The van der Waals surface area contributed by atoms with Gasteiger partial charge in [-0.2, -0.15) is 0 Å². The van der Waals surface area contributed by atoms with Crippen molar-refractivity contribution in [1.29, 1.82) is 0 Å². The number of fused-ring (bicyclic) bond motifs is 3. The molecule has 2 aliphatic rings. The topological polar surface area (TPSA) is 55.2 Å². The predicted octanol–water partition coefficient (Wildman–Crippen LogP) is 8.70. The molecule has 1 N–H and O–H groups in total. The average molecular weight is 585 g/mol. The number of nitrogens with one attached hydrogen (secondary N) is 1. The van der Waals surface area contributed by atoms with Crippen molar-refractivity contribution >= 4 is 73.9 Å². The molecule has 0 saturated heterocycles. The minimum absolute atomic E-state index is 0.00637. The standard InChI is InChI=1S/C24H18BrCl3N2O2S/c25-13-7-5-12(6-8-13)23-16-11-20(33-19-4-2-1-3-18(19)30(31)32)22(28)21(16)15-9-14(26)10-17(27)24(15)29-23/h1-10,16,20-23,29H,11H2/t16-,20+,21+,22-,23+/m1/s1. The van der Waals surface area contributed by atoms with Crippen molar-refractivity contribution in [3.63, 3.8) is 0 Å². The molecule has 3 aromatic carbocycles. The molecule has 1 fully saturated rings. The molecular weight excluding hydrogens is 567 g/mol. The van der Waals surface area contributed by atoms with Gasteiger partial charge >= 0.3 is 0 Å². The SMILES string of the molecule is O=[N+]([O-])c1ccccc1S[C@H]1C[C@@H]2[C@H](c3cc(Cl)cc(Cl)c3N[C@H]2c2ccc(Br)cc2)[C@@H]1Cl. The highest BCUT2D eigenvalue weighted by atomic mass is 79.9. The van der Waals surface area contributed by atoms with Crippen LogP contribution in [0.1, 0.15) is 29.5 Å². The fraction of sp³-hybridized carbons (Fsp3) is 0.250. The molecule has 9 heteroatoms. The van der Waals surface area contributed by atoms with Crippen LogP contribution in [0, 0.1) is 16.0 Å². The molecule has 5 rings (SSSR count). The lowest BCUT2D eigenvalue weighted by Crippen LogP contribution is -2.31. The molecule has 5 atom stereocenters. The third-order valence-electron chi connectivity index (χ3n) is 6.41. The maximum Gasteiger partial charge on any atom is 0.282 e. The number of benzene rings is 3. The Morgan fingerprint density at radius 3 is 2.55 bits per heavy atom. The van der Waals surface area contributed by atoms with Gasteiger partial charge in [0.25, 0.3) is 5.69 Å². The zero-order valence-electron chi connectivity index (χ0n) is 17.1. The van der Waals surface area contributed by atoms with Crippen molar-refractivity contribution in [2.75, 3.05) is 5.32 Å². The van der Waals surface area contributed by atoms with Gasteiger partial charge in [-0.05, 0) is 53.8 Å². The number of hydrogen-bond donors (Lipinski definition) is 1. The smallest absolute Gasteiger partial charge is 0.282 e. The first kappa shape index (κ1) is 23.3. The lowest BCUT2D eigenvalue weighted by molar-refractivity contribution is -0.387. The summed E-state index contributed by atoms with van der Waals surface area (Å²) in [5, 5.41) is 16.1. The van der Waals surface area contributed by atoms with Crippen LogP contribution < -0.4 is 5.32 Å². The summed E-state index contributed by atoms with van der Waals surface area (Å²) in [6, 6.07) is 18.8. The van der Waals surface area contributed by atoms with Crippen LogP contribution >= 0.6 is 62.5 Å². The fourth-order valence-electron chi connectivity index (χ4n) is 5.01. The average Bonchev–Trinajstić information content (AvgIpc) is 3.10. The number of halogens is 4. The zero-order valence-corrected chi connectivity index (χ0v) is 21.7. The Hall–Kier alpha value is -1.44. The minimum atomic E-state index is -0.339. The van der Waals surface area contributed by atoms with E-state index in [2.05, 4.69) is 33.4 Å². The van der Waals surface area contributed by atoms with Gasteiger partial charge in [-0.1, -0.05) is 63.4 Å². The number of anilines is 1. The number of nitrogens with zero attached hydrogens (tertiary/aromatic N) is 1. The number of alkyl halides is 1. The number of nitro benzene ring substituents is 1. The highest BCUT2D eigenvalue weighted by molar-refractivity contribution is 9.10. The van der Waals surface area contributed by atoms with Gasteiger partial charge in [-0.3, -0.25) is 10.1 Å². The van der Waals surface area contributed by atoms with Crippen LogP contribution in [-0.2, 0) is 0 Å². The summed E-state index contributed by atoms with van der Waals surface area (Å²) in [7, 11) is 0. The maximum atomic E-state index is 11.5. The van der Waals surface area contributed by atoms with Crippen LogP contribution in [-0.4, -0.2) is 15.6 Å². The van der Waals surface area contributed by atoms with E-state index in [-0.39, 0.29) is 39.1 Å². The Kier molecular flexibility index (Phi) is 6.57. The van der Waals surface area contributed by atoms with Crippen LogP contribution in [0.3, 0.4) is 0 Å². The predicted molar refractivity (Wildman–Crippen MR) is 140 cm³/mol. The molecule has 1 aliphatic carbocycles. The van der Waals surface area contributed by atoms with Crippen molar-refractivity contribution < 1.29 is 4.92 Å². The first-order valence-corrected chi connectivity index (χ1v) is 13.2. The van der Waals surface area contributed by atoms with E-state index in [0.29, 0.717) is 14.9 Å². The van der Waals surface area contributed by atoms with Crippen molar-refractivity contribution in [2.24, 2.45) is 5.92 Å². The first-order valence-electron chi connectivity index (χ1n) is 10.4. The first-order chi connectivity index (χ1) is 15.8. The van der Waals surface area contributed by atoms with Crippen LogP contribution in [0.15, 0.2) is 70.0 Å². The molecule has 0 aromatic heterocycles. The van der Waals surface area contributed by atoms with Crippen LogP contribution in [0.2, 0.25) is 10.0 Å². The van der Waals surface area contributed by atoms with Gasteiger partial charge in [-0.15, -0.1) is 23.4 Å². The molecule has 33 heavy (non-hydrogen) atoms. The lowest BCUT2D eigenvalue weighted by Gasteiger charge is -2.39. The molecule has 1 aliphatic heterocycles. The molecule has 170 valence electrons. The molecule has 4 nitrogen and oxygen atoms in total. The second-order valence-electron chi connectivity index (χ2n) is 8.28. The number of thioether (sulfide) groups is 1. The fourth-order valence-corrected chi connectivity index (χ4v) is 7.79. The zero-order chi connectivity index (χ0) is 23.3. The highest BCUT2D eigenvalue weighted by Crippen LogP contribution is 2.59. The monoisotopic (exact) mass is 582 g/mol. The molecule has 0 bridgehead atoms. The van der Waals surface area contributed by atoms with E-state index in [9.17, 15) is 10.1 Å². The summed E-state index contributed by atoms with van der Waals surface area (Å²) in [6.45, 7) is 0. The summed E-state index contributed by atoms with van der Waals surface area (Å²) >= 11 is 25.1. The van der Waals surface area contributed by atoms with Gasteiger partial charge < -0.3 is 5.32 Å². The molecule has 3 aromatic rings. The number of rotatable bonds is 4. The molecule has 0 radical (unpaired) electrons. The van der Waals surface area contributed by atoms with E-state index in [1.165, 1.54) is 17.8 Å². The third-order valence-corrected chi connectivity index (χ3v) is 9.56. The maximum absolute atomic E-state index is 11.5. The number of hydrogen-bond acceptors (Lipinski definition) is 4. The van der Waals surface area contributed by atoms with Gasteiger partial charge in [0.05, 0.1) is 31.9 Å². The highest BCUT2D eigenvalue weighted by Gasteiger charge is 2.50. The van der Waals surface area contributed by atoms with Gasteiger partial charge in [0.1, 0.15) is 0 Å². The molecule has 1 saturated carbocycles. The van der Waals surface area contributed by atoms with E-state index >= 15 is 0 Å². The number of nitro groups is 1. The Morgan fingerprint density at radius 2 is 1.82 bits per heavy atom. The molecule has 0 unspecified atom stereocenters. The Labute approximate surface area is 219 Å². The number of para-hydroxylation sites is 1. The molecule has 0 spiro atoms. The van der Waals surface area contributed by atoms with E-state index in [4.69, 9.17) is 34.8 Å². The largest absolute Gasteiger partial charge is 0.376 e. The minimum Gasteiger partial charge on any atom is -0.376 e. The van der Waals surface area contributed by atoms with Crippen molar-refractivity contribution in [3.05, 3.63) is 96.4 Å². The van der Waals surface area contributed by atoms with E-state index in [1.807, 2.05) is 24.3 Å². The van der Waals surface area contributed by atoms with Gasteiger partial charge in [-0.25, -0.2) is 0 Å². The molecule has 0 amide bonds. The summed E-state index contributed by atoms with van der Waals surface area (Å²) in [5.74, 6) is 0.184. The van der Waals surface area contributed by atoms with Crippen LogP contribution in [0.5, 0.6) is 0 Å². The molecular formula is C24H18BrCl3N2O2S. The summed E-state index contributed by atoms with van der Waals surface area (Å²) in [6.07, 6.45) is 0.798. The van der Waals surface area contributed by atoms with Gasteiger partial charge in [0.2, 0.25) is 0 Å².